The first-order valence-electron chi connectivity index (χ1n) is 4.95. The van der Waals surface area contributed by atoms with Gasteiger partial charge in [0, 0.05) is 6.54 Å². The minimum atomic E-state index is -4.24. The van der Waals surface area contributed by atoms with Gasteiger partial charge in [-0.1, -0.05) is 0 Å². The number of hydrogen-bond acceptors (Lipinski definition) is 2. The Balaban J connectivity index is 1.97. The number of halogens is 3. The zero-order valence-corrected chi connectivity index (χ0v) is 7.86. The molecule has 1 aliphatic heterocycles. The largest absolute Gasteiger partial charge is 0.418 e. The molecule has 0 amide bonds. The van der Waals surface area contributed by atoms with E-state index in [0.717, 1.165) is 12.8 Å². The first kappa shape index (κ1) is 10.2. The molecule has 0 aromatic carbocycles. The molecule has 0 radical (unpaired) electrons. The van der Waals surface area contributed by atoms with Gasteiger partial charge in [-0.25, -0.2) is 0 Å². The topological polar surface area (TPSA) is 21.3 Å². The Bertz CT molecular complexity index is 207. The van der Waals surface area contributed by atoms with Crippen molar-refractivity contribution in [3.8, 4) is 0 Å². The first-order valence-corrected chi connectivity index (χ1v) is 4.95. The van der Waals surface area contributed by atoms with E-state index in [0.29, 0.717) is 12.5 Å². The number of ether oxygens (including phenoxy) is 1. The smallest absolute Gasteiger partial charge is 0.364 e. The molecule has 1 N–H and O–H groups in total. The summed E-state index contributed by atoms with van der Waals surface area (Å²) in [6.07, 6.45) is -2.17. The summed E-state index contributed by atoms with van der Waals surface area (Å²) in [5.74, 6) is 0.370. The third-order valence-electron chi connectivity index (χ3n) is 2.93. The molecule has 0 bridgehead atoms. The number of hydrogen-bond donors (Lipinski definition) is 1. The predicted molar refractivity (Wildman–Crippen MR) is 44.9 cm³/mol. The van der Waals surface area contributed by atoms with E-state index in [-0.39, 0.29) is 19.6 Å². The van der Waals surface area contributed by atoms with Gasteiger partial charge in [-0.2, -0.15) is 13.2 Å². The molecule has 0 aromatic heterocycles. The van der Waals surface area contributed by atoms with Crippen molar-refractivity contribution in [2.75, 3.05) is 19.7 Å². The van der Waals surface area contributed by atoms with Crippen LogP contribution in [0.4, 0.5) is 13.2 Å². The molecule has 0 spiro atoms. The summed E-state index contributed by atoms with van der Waals surface area (Å²) in [4.78, 5) is 0. The Morgan fingerprint density at radius 3 is 2.50 bits per heavy atom. The van der Waals surface area contributed by atoms with Gasteiger partial charge in [-0.3, -0.25) is 0 Å². The number of alkyl halides is 3. The molecular weight excluding hydrogens is 195 g/mol. The zero-order valence-electron chi connectivity index (χ0n) is 7.86. The predicted octanol–water partition coefficient (Wildman–Crippen LogP) is 1.71. The molecule has 0 aromatic rings. The summed E-state index contributed by atoms with van der Waals surface area (Å²) in [5, 5.41) is 2.72. The lowest BCUT2D eigenvalue weighted by Gasteiger charge is -2.31. The van der Waals surface area contributed by atoms with E-state index in [1.165, 1.54) is 0 Å². The average molecular weight is 209 g/mol. The summed E-state index contributed by atoms with van der Waals surface area (Å²) < 4.78 is 43.3. The summed E-state index contributed by atoms with van der Waals surface area (Å²) >= 11 is 0. The Kier molecular flexibility index (Phi) is 2.47. The van der Waals surface area contributed by atoms with E-state index in [9.17, 15) is 13.2 Å². The van der Waals surface area contributed by atoms with Crippen LogP contribution in [-0.4, -0.2) is 31.5 Å². The zero-order chi connectivity index (χ0) is 10.2. The molecule has 2 rings (SSSR count). The van der Waals surface area contributed by atoms with E-state index in [1.54, 1.807) is 0 Å². The van der Waals surface area contributed by atoms with Gasteiger partial charge >= 0.3 is 6.18 Å². The van der Waals surface area contributed by atoms with Crippen LogP contribution in [0.3, 0.4) is 0 Å². The normalized spacial score (nSPS) is 33.6. The molecule has 2 aliphatic rings. The van der Waals surface area contributed by atoms with Crippen LogP contribution in [0, 0.1) is 5.92 Å². The van der Waals surface area contributed by atoms with Crippen LogP contribution in [0.25, 0.3) is 0 Å². The van der Waals surface area contributed by atoms with Crippen molar-refractivity contribution < 1.29 is 17.9 Å². The fraction of sp³-hybridized carbons (Fsp3) is 1.00. The van der Waals surface area contributed by atoms with Crippen LogP contribution in [0.1, 0.15) is 19.3 Å². The molecule has 1 atom stereocenters. The molecule has 14 heavy (non-hydrogen) atoms. The minimum absolute atomic E-state index is 0.0449. The molecule has 82 valence electrons. The average Bonchev–Trinajstić information content (AvgIpc) is 2.78. The van der Waals surface area contributed by atoms with Gasteiger partial charge in [0.05, 0.1) is 6.61 Å². The quantitative estimate of drug-likeness (QED) is 0.764. The summed E-state index contributed by atoms with van der Waals surface area (Å²) in [6.45, 7) is 0.564. The minimum Gasteiger partial charge on any atom is -0.364 e. The van der Waals surface area contributed by atoms with Crippen molar-refractivity contribution in [2.24, 2.45) is 5.92 Å². The van der Waals surface area contributed by atoms with Crippen molar-refractivity contribution >= 4 is 0 Å². The van der Waals surface area contributed by atoms with Crippen LogP contribution < -0.4 is 5.32 Å². The highest BCUT2D eigenvalue weighted by atomic mass is 19.4. The second-order valence-corrected chi connectivity index (χ2v) is 4.17. The fourth-order valence-electron chi connectivity index (χ4n) is 1.68. The fourth-order valence-corrected chi connectivity index (χ4v) is 1.68. The highest BCUT2D eigenvalue weighted by molar-refractivity contribution is 4.96. The molecule has 1 heterocycles. The van der Waals surface area contributed by atoms with Gasteiger partial charge in [0.25, 0.3) is 0 Å². The van der Waals surface area contributed by atoms with E-state index >= 15 is 0 Å². The third-order valence-corrected chi connectivity index (χ3v) is 2.93. The van der Waals surface area contributed by atoms with Crippen molar-refractivity contribution in [1.82, 2.24) is 5.32 Å². The lowest BCUT2D eigenvalue weighted by atomic mass is 10.0. The molecular formula is C9H14F3NO. The lowest BCUT2D eigenvalue weighted by molar-refractivity contribution is -0.270. The highest BCUT2D eigenvalue weighted by Crippen LogP contribution is 2.40. The van der Waals surface area contributed by atoms with Crippen LogP contribution in [0.2, 0.25) is 0 Å². The van der Waals surface area contributed by atoms with Gasteiger partial charge in [-0.15, -0.1) is 0 Å². The molecule has 2 fully saturated rings. The number of rotatable bonds is 3. The summed E-state index contributed by atoms with van der Waals surface area (Å²) in [5.41, 5.74) is -1.91. The van der Waals surface area contributed by atoms with E-state index in [4.69, 9.17) is 4.74 Å². The van der Waals surface area contributed by atoms with Crippen LogP contribution >= 0.6 is 0 Å². The van der Waals surface area contributed by atoms with Crippen molar-refractivity contribution in [3.63, 3.8) is 0 Å². The van der Waals surface area contributed by atoms with Crippen LogP contribution in [-0.2, 0) is 4.74 Å². The first-order chi connectivity index (χ1) is 6.54. The van der Waals surface area contributed by atoms with Crippen molar-refractivity contribution in [3.05, 3.63) is 0 Å². The van der Waals surface area contributed by atoms with Crippen LogP contribution in [0.15, 0.2) is 0 Å². The molecule has 1 saturated heterocycles. The Hall–Kier alpha value is -0.290. The maximum Gasteiger partial charge on any atom is 0.418 e. The van der Waals surface area contributed by atoms with Gasteiger partial charge < -0.3 is 10.1 Å². The number of nitrogens with one attached hydrogen (secondary N) is 1. The Labute approximate surface area is 80.8 Å². The highest BCUT2D eigenvalue weighted by Gasteiger charge is 2.57. The monoisotopic (exact) mass is 209 g/mol. The second-order valence-electron chi connectivity index (χ2n) is 4.17. The standard InChI is InChI=1S/C9H14F3NO/c10-9(11,12)8(3-4-13-6-8)14-5-7-1-2-7/h7,13H,1-6H2/t8-/m0/s1. The van der Waals surface area contributed by atoms with E-state index < -0.39 is 11.8 Å². The van der Waals surface area contributed by atoms with E-state index in [2.05, 4.69) is 5.32 Å². The van der Waals surface area contributed by atoms with Crippen molar-refractivity contribution in [2.45, 2.75) is 31.0 Å². The van der Waals surface area contributed by atoms with Gasteiger partial charge in [0.2, 0.25) is 0 Å². The second kappa shape index (κ2) is 3.38. The van der Waals surface area contributed by atoms with Gasteiger partial charge in [0.1, 0.15) is 0 Å². The van der Waals surface area contributed by atoms with E-state index in [1.807, 2.05) is 0 Å². The molecule has 0 unspecified atom stereocenters. The van der Waals surface area contributed by atoms with Crippen LogP contribution in [0.5, 0.6) is 0 Å². The maximum absolute atomic E-state index is 12.7. The molecule has 1 saturated carbocycles. The van der Waals surface area contributed by atoms with Gasteiger partial charge in [0.15, 0.2) is 5.60 Å². The molecule has 1 aliphatic carbocycles. The molecule has 5 heteroatoms. The van der Waals surface area contributed by atoms with Crippen molar-refractivity contribution in [1.29, 1.82) is 0 Å². The Morgan fingerprint density at radius 1 is 1.36 bits per heavy atom. The van der Waals surface area contributed by atoms with Gasteiger partial charge in [-0.05, 0) is 31.7 Å². The Morgan fingerprint density at radius 2 is 2.07 bits per heavy atom. The lowest BCUT2D eigenvalue weighted by Crippen LogP contribution is -2.49. The molecule has 2 nitrogen and oxygen atoms in total. The third kappa shape index (κ3) is 1.88. The summed E-state index contributed by atoms with van der Waals surface area (Å²) in [6, 6.07) is 0. The maximum atomic E-state index is 12.7. The SMILES string of the molecule is FC(F)(F)[C@]1(OCC2CC2)CCNC1. The summed E-state index contributed by atoms with van der Waals surface area (Å²) in [7, 11) is 0.